The molecule has 0 aromatic heterocycles. The molecule has 0 aliphatic carbocycles. The lowest BCUT2D eigenvalue weighted by Crippen LogP contribution is -2.58. The molecule has 2 saturated heterocycles. The van der Waals surface area contributed by atoms with Crippen molar-refractivity contribution in [2.24, 2.45) is 10.7 Å². The largest absolute Gasteiger partial charge is 0.497 e. The molecule has 2 aliphatic rings. The summed E-state index contributed by atoms with van der Waals surface area (Å²) in [6, 6.07) is 5.60. The second kappa shape index (κ2) is 9.47. The Balaban J connectivity index is 1.73. The molecule has 0 atom stereocenters. The van der Waals surface area contributed by atoms with Crippen LogP contribution in [0.1, 0.15) is 32.1 Å². The van der Waals surface area contributed by atoms with E-state index in [1.54, 1.807) is 14.2 Å². The molecule has 0 radical (unpaired) electrons. The van der Waals surface area contributed by atoms with E-state index in [0.717, 1.165) is 43.9 Å². The van der Waals surface area contributed by atoms with Gasteiger partial charge in [0.15, 0.2) is 5.96 Å². The van der Waals surface area contributed by atoms with Gasteiger partial charge >= 0.3 is 0 Å². The van der Waals surface area contributed by atoms with Gasteiger partial charge in [-0.3, -0.25) is 9.89 Å². The van der Waals surface area contributed by atoms with E-state index in [-0.39, 0.29) is 5.54 Å². The third kappa shape index (κ3) is 4.89. The molecule has 2 fully saturated rings. The van der Waals surface area contributed by atoms with Crippen LogP contribution in [0.4, 0.5) is 5.69 Å². The molecule has 7 heteroatoms. The number of benzene rings is 1. The Hall–Kier alpha value is -1.99. The molecule has 0 bridgehead atoms. The van der Waals surface area contributed by atoms with Crippen LogP contribution in [0.15, 0.2) is 23.2 Å². The minimum atomic E-state index is 0.123. The Morgan fingerprint density at radius 3 is 2.46 bits per heavy atom. The van der Waals surface area contributed by atoms with Crippen molar-refractivity contribution in [1.29, 1.82) is 0 Å². The number of guanidine groups is 1. The van der Waals surface area contributed by atoms with Gasteiger partial charge in [-0.05, 0) is 71.0 Å². The fraction of sp³-hybridized carbons (Fsp3) is 0.667. The predicted molar refractivity (Wildman–Crippen MR) is 115 cm³/mol. The van der Waals surface area contributed by atoms with Crippen molar-refractivity contribution in [1.82, 2.24) is 9.80 Å². The summed E-state index contributed by atoms with van der Waals surface area (Å²) in [5.41, 5.74) is 7.15. The van der Waals surface area contributed by atoms with Crippen LogP contribution in [0, 0.1) is 0 Å². The number of nitrogens with zero attached hydrogens (tertiary/aromatic N) is 3. The summed E-state index contributed by atoms with van der Waals surface area (Å²) in [7, 11) is 5.49. The average molecular weight is 390 g/mol. The summed E-state index contributed by atoms with van der Waals surface area (Å²) in [4.78, 5) is 9.86. The molecule has 7 nitrogen and oxygen atoms in total. The number of hydrogen-bond donors (Lipinski definition) is 2. The second-order valence-corrected chi connectivity index (χ2v) is 7.97. The predicted octanol–water partition coefficient (Wildman–Crippen LogP) is 2.38. The molecular formula is C21H35N5O2. The SMILES string of the molecule is COc1ccc(OC)c(NC(N)=NCC2(N3CCCCC3)CCN(C)CC2)c1. The van der Waals surface area contributed by atoms with Gasteiger partial charge < -0.3 is 25.4 Å². The van der Waals surface area contributed by atoms with E-state index in [1.807, 2.05) is 18.2 Å². The zero-order valence-electron chi connectivity index (χ0n) is 17.5. The number of nitrogens with one attached hydrogen (secondary N) is 1. The first-order chi connectivity index (χ1) is 13.6. The van der Waals surface area contributed by atoms with Gasteiger partial charge in [0.1, 0.15) is 11.5 Å². The molecule has 0 unspecified atom stereocenters. The number of aliphatic imine (C=N–C) groups is 1. The Labute approximate surface area is 168 Å². The molecule has 0 amide bonds. The molecule has 1 aromatic carbocycles. The van der Waals surface area contributed by atoms with Crippen LogP contribution in [-0.4, -0.2) is 75.3 Å². The third-order valence-electron chi connectivity index (χ3n) is 6.16. The molecule has 2 aliphatic heterocycles. The standard InChI is InChI=1S/C21H35N5O2/c1-25-13-9-21(10-14-25,26-11-5-4-6-12-26)16-23-20(22)24-18-15-17(27-2)7-8-19(18)28-3/h7-8,15H,4-6,9-14,16H2,1-3H3,(H3,22,23,24). The number of likely N-dealkylation sites (tertiary alicyclic amines) is 2. The van der Waals surface area contributed by atoms with Crippen molar-refractivity contribution in [3.05, 3.63) is 18.2 Å². The normalized spacial score (nSPS) is 21.3. The molecule has 1 aromatic rings. The highest BCUT2D eigenvalue weighted by atomic mass is 16.5. The zero-order chi connectivity index (χ0) is 20.0. The third-order valence-corrected chi connectivity index (χ3v) is 6.16. The molecular weight excluding hydrogens is 354 g/mol. The number of hydrogen-bond acceptors (Lipinski definition) is 5. The molecule has 0 saturated carbocycles. The van der Waals surface area contributed by atoms with Crippen molar-refractivity contribution < 1.29 is 9.47 Å². The van der Waals surface area contributed by atoms with Gasteiger partial charge in [-0.1, -0.05) is 6.42 Å². The lowest BCUT2D eigenvalue weighted by molar-refractivity contribution is 0.0209. The van der Waals surface area contributed by atoms with Crippen LogP contribution in [0.5, 0.6) is 11.5 Å². The summed E-state index contributed by atoms with van der Waals surface area (Å²) in [5.74, 6) is 1.88. The smallest absolute Gasteiger partial charge is 0.193 e. The number of ether oxygens (including phenoxy) is 2. The minimum Gasteiger partial charge on any atom is -0.497 e. The fourth-order valence-electron chi connectivity index (χ4n) is 4.30. The minimum absolute atomic E-state index is 0.123. The maximum atomic E-state index is 6.27. The van der Waals surface area contributed by atoms with Crippen LogP contribution >= 0.6 is 0 Å². The highest BCUT2D eigenvalue weighted by Crippen LogP contribution is 2.32. The molecule has 0 spiro atoms. The van der Waals surface area contributed by atoms with Crippen molar-refractivity contribution in [2.75, 3.05) is 59.3 Å². The molecule has 3 rings (SSSR count). The first-order valence-electron chi connectivity index (χ1n) is 10.3. The molecule has 156 valence electrons. The van der Waals surface area contributed by atoms with Gasteiger partial charge in [0.05, 0.1) is 26.5 Å². The van der Waals surface area contributed by atoms with Crippen molar-refractivity contribution in [3.63, 3.8) is 0 Å². The van der Waals surface area contributed by atoms with Crippen molar-refractivity contribution >= 4 is 11.6 Å². The van der Waals surface area contributed by atoms with E-state index in [4.69, 9.17) is 20.2 Å². The van der Waals surface area contributed by atoms with E-state index in [0.29, 0.717) is 11.7 Å². The molecule has 2 heterocycles. The van der Waals surface area contributed by atoms with Crippen LogP contribution in [-0.2, 0) is 0 Å². The zero-order valence-corrected chi connectivity index (χ0v) is 17.5. The van der Waals surface area contributed by atoms with Crippen LogP contribution in [0.3, 0.4) is 0 Å². The average Bonchev–Trinajstić information content (AvgIpc) is 2.74. The van der Waals surface area contributed by atoms with E-state index in [9.17, 15) is 0 Å². The number of piperidine rings is 2. The Bertz CT molecular complexity index is 665. The Kier molecular flexibility index (Phi) is 7.02. The monoisotopic (exact) mass is 389 g/mol. The Morgan fingerprint density at radius 2 is 1.82 bits per heavy atom. The number of anilines is 1. The Morgan fingerprint density at radius 1 is 1.11 bits per heavy atom. The summed E-state index contributed by atoms with van der Waals surface area (Å²) >= 11 is 0. The van der Waals surface area contributed by atoms with E-state index in [2.05, 4.69) is 22.2 Å². The van der Waals surface area contributed by atoms with E-state index >= 15 is 0 Å². The summed E-state index contributed by atoms with van der Waals surface area (Å²) in [5, 5.41) is 3.20. The van der Waals surface area contributed by atoms with Crippen LogP contribution in [0.2, 0.25) is 0 Å². The maximum absolute atomic E-state index is 6.27. The van der Waals surface area contributed by atoms with Gasteiger partial charge in [0, 0.05) is 11.6 Å². The number of methoxy groups -OCH3 is 2. The lowest BCUT2D eigenvalue weighted by Gasteiger charge is -2.49. The maximum Gasteiger partial charge on any atom is 0.193 e. The van der Waals surface area contributed by atoms with E-state index < -0.39 is 0 Å². The summed E-state index contributed by atoms with van der Waals surface area (Å²) in [6.07, 6.45) is 6.20. The van der Waals surface area contributed by atoms with Gasteiger partial charge in [0.25, 0.3) is 0 Å². The fourth-order valence-corrected chi connectivity index (χ4v) is 4.30. The van der Waals surface area contributed by atoms with Gasteiger partial charge in [-0.25, -0.2) is 0 Å². The van der Waals surface area contributed by atoms with Gasteiger partial charge in [-0.2, -0.15) is 0 Å². The van der Waals surface area contributed by atoms with Crippen molar-refractivity contribution in [3.8, 4) is 11.5 Å². The van der Waals surface area contributed by atoms with Gasteiger partial charge in [-0.15, -0.1) is 0 Å². The first-order valence-corrected chi connectivity index (χ1v) is 10.3. The lowest BCUT2D eigenvalue weighted by atomic mass is 9.84. The first kappa shape index (κ1) is 20.7. The highest BCUT2D eigenvalue weighted by Gasteiger charge is 2.39. The number of nitrogens with two attached hydrogens (primary N) is 1. The number of rotatable bonds is 6. The molecule has 28 heavy (non-hydrogen) atoms. The van der Waals surface area contributed by atoms with Gasteiger partial charge in [0.2, 0.25) is 0 Å². The molecule has 3 N–H and O–H groups in total. The van der Waals surface area contributed by atoms with Crippen LogP contribution in [0.25, 0.3) is 0 Å². The quantitative estimate of drug-likeness (QED) is 0.575. The summed E-state index contributed by atoms with van der Waals surface area (Å²) < 4.78 is 10.7. The summed E-state index contributed by atoms with van der Waals surface area (Å²) in [6.45, 7) is 5.31. The topological polar surface area (TPSA) is 75.3 Å². The highest BCUT2D eigenvalue weighted by molar-refractivity contribution is 5.94. The second-order valence-electron chi connectivity index (χ2n) is 7.97. The van der Waals surface area contributed by atoms with Crippen LogP contribution < -0.4 is 20.5 Å². The van der Waals surface area contributed by atoms with E-state index in [1.165, 1.54) is 32.4 Å². The van der Waals surface area contributed by atoms with Crippen molar-refractivity contribution in [2.45, 2.75) is 37.6 Å².